The summed E-state index contributed by atoms with van der Waals surface area (Å²) in [5.41, 5.74) is -0.426. The maximum atomic E-state index is 12.5. The van der Waals surface area contributed by atoms with Gasteiger partial charge in [0.15, 0.2) is 5.54 Å². The molecule has 3 aromatic carbocycles. The minimum absolute atomic E-state index is 0.240. The monoisotopic (exact) mass is 391 g/mol. The number of amides is 1. The Labute approximate surface area is 168 Å². The van der Waals surface area contributed by atoms with Gasteiger partial charge in [-0.15, -0.1) is 0 Å². The Balaban J connectivity index is 1.79. The fourth-order valence-electron chi connectivity index (χ4n) is 2.88. The zero-order valence-corrected chi connectivity index (χ0v) is 15.6. The Kier molecular flexibility index (Phi) is 6.26. The molecule has 0 radical (unpaired) electrons. The van der Waals surface area contributed by atoms with Gasteiger partial charge < -0.3 is 20.3 Å². The van der Waals surface area contributed by atoms with E-state index >= 15 is 0 Å². The van der Waals surface area contributed by atoms with Gasteiger partial charge in [0.25, 0.3) is 5.91 Å². The predicted octanol–water partition coefficient (Wildman–Crippen LogP) is 2.97. The van der Waals surface area contributed by atoms with Crippen molar-refractivity contribution in [3.63, 3.8) is 0 Å². The lowest BCUT2D eigenvalue weighted by Crippen LogP contribution is -2.54. The minimum atomic E-state index is -1.97. The summed E-state index contributed by atoms with van der Waals surface area (Å²) < 4.78 is 5.71. The fourth-order valence-corrected chi connectivity index (χ4v) is 2.88. The number of carbonyl (C=O) groups excluding carboxylic acids is 1. The molecule has 0 aliphatic rings. The number of ether oxygens (including phenoxy) is 1. The van der Waals surface area contributed by atoms with Gasteiger partial charge in [-0.25, -0.2) is 4.79 Å². The second-order valence-corrected chi connectivity index (χ2v) is 6.49. The van der Waals surface area contributed by atoms with Crippen molar-refractivity contribution in [1.29, 1.82) is 0 Å². The SMILES string of the molecule is O=C(N[C@@](CO)(C(=O)O)c1ccc(OCc2ccccc2)cc1)c1ccccc1. The largest absolute Gasteiger partial charge is 0.489 e. The third-order valence-electron chi connectivity index (χ3n) is 4.56. The van der Waals surface area contributed by atoms with Gasteiger partial charge in [0.2, 0.25) is 0 Å². The molecule has 0 aliphatic heterocycles. The van der Waals surface area contributed by atoms with Crippen LogP contribution >= 0.6 is 0 Å². The fraction of sp³-hybridized carbons (Fsp3) is 0.130. The molecule has 1 atom stereocenters. The minimum Gasteiger partial charge on any atom is -0.489 e. The summed E-state index contributed by atoms with van der Waals surface area (Å²) in [6.45, 7) is -0.430. The van der Waals surface area contributed by atoms with E-state index in [9.17, 15) is 19.8 Å². The first-order valence-corrected chi connectivity index (χ1v) is 9.04. The number of hydrogen-bond donors (Lipinski definition) is 3. The number of aliphatic hydroxyl groups is 1. The highest BCUT2D eigenvalue weighted by molar-refractivity contribution is 5.98. The number of carboxylic acid groups (broad SMARTS) is 1. The van der Waals surface area contributed by atoms with Crippen molar-refractivity contribution >= 4 is 11.9 Å². The van der Waals surface area contributed by atoms with Crippen LogP contribution in [-0.4, -0.2) is 28.7 Å². The summed E-state index contributed by atoms with van der Waals surface area (Å²) >= 11 is 0. The Morgan fingerprint density at radius 3 is 2.00 bits per heavy atom. The number of rotatable bonds is 8. The normalized spacial score (nSPS) is 12.6. The molecule has 148 valence electrons. The maximum Gasteiger partial charge on any atom is 0.336 e. The summed E-state index contributed by atoms with van der Waals surface area (Å²) in [5.74, 6) is -1.40. The van der Waals surface area contributed by atoms with Gasteiger partial charge in [-0.2, -0.15) is 0 Å². The molecule has 29 heavy (non-hydrogen) atoms. The van der Waals surface area contributed by atoms with Crippen LogP contribution in [0.4, 0.5) is 0 Å². The molecule has 6 heteroatoms. The Hall–Kier alpha value is -3.64. The van der Waals surface area contributed by atoms with Crippen LogP contribution < -0.4 is 10.1 Å². The Morgan fingerprint density at radius 1 is 0.862 bits per heavy atom. The summed E-state index contributed by atoms with van der Waals surface area (Å²) in [6, 6.07) is 24.1. The van der Waals surface area contributed by atoms with E-state index in [1.54, 1.807) is 42.5 Å². The van der Waals surface area contributed by atoms with Crippen LogP contribution in [0, 0.1) is 0 Å². The number of aliphatic carboxylic acids is 1. The third-order valence-corrected chi connectivity index (χ3v) is 4.56. The lowest BCUT2D eigenvalue weighted by atomic mass is 9.90. The van der Waals surface area contributed by atoms with E-state index < -0.39 is 24.0 Å². The second-order valence-electron chi connectivity index (χ2n) is 6.49. The molecule has 0 fully saturated rings. The van der Waals surface area contributed by atoms with Gasteiger partial charge >= 0.3 is 5.97 Å². The average molecular weight is 391 g/mol. The highest BCUT2D eigenvalue weighted by Crippen LogP contribution is 2.25. The van der Waals surface area contributed by atoms with E-state index in [0.29, 0.717) is 17.9 Å². The molecule has 0 aliphatic carbocycles. The highest BCUT2D eigenvalue weighted by atomic mass is 16.5. The number of carboxylic acids is 1. The van der Waals surface area contributed by atoms with Crippen LogP contribution in [0.5, 0.6) is 5.75 Å². The highest BCUT2D eigenvalue weighted by Gasteiger charge is 2.41. The van der Waals surface area contributed by atoms with E-state index in [1.807, 2.05) is 30.3 Å². The number of nitrogens with one attached hydrogen (secondary N) is 1. The van der Waals surface area contributed by atoms with E-state index in [-0.39, 0.29) is 5.56 Å². The van der Waals surface area contributed by atoms with E-state index in [2.05, 4.69) is 5.32 Å². The number of aliphatic hydroxyl groups excluding tert-OH is 1. The Morgan fingerprint density at radius 2 is 1.45 bits per heavy atom. The quantitative estimate of drug-likeness (QED) is 0.549. The van der Waals surface area contributed by atoms with Crippen LogP contribution in [0.1, 0.15) is 21.5 Å². The summed E-state index contributed by atoms with van der Waals surface area (Å²) in [6.07, 6.45) is 0. The molecule has 6 nitrogen and oxygen atoms in total. The van der Waals surface area contributed by atoms with Crippen LogP contribution in [0.15, 0.2) is 84.9 Å². The first-order valence-electron chi connectivity index (χ1n) is 9.04. The zero-order valence-electron chi connectivity index (χ0n) is 15.6. The van der Waals surface area contributed by atoms with Gasteiger partial charge in [-0.05, 0) is 35.4 Å². The first kappa shape index (κ1) is 20.1. The molecule has 0 unspecified atom stereocenters. The van der Waals surface area contributed by atoms with Crippen molar-refractivity contribution in [1.82, 2.24) is 5.32 Å². The number of benzene rings is 3. The predicted molar refractivity (Wildman–Crippen MR) is 108 cm³/mol. The van der Waals surface area contributed by atoms with Gasteiger partial charge in [-0.1, -0.05) is 60.7 Å². The molecule has 3 rings (SSSR count). The van der Waals surface area contributed by atoms with Gasteiger partial charge in [0.1, 0.15) is 12.4 Å². The molecular formula is C23H21NO5. The molecule has 0 bridgehead atoms. The van der Waals surface area contributed by atoms with E-state index in [4.69, 9.17) is 4.74 Å². The van der Waals surface area contributed by atoms with Gasteiger partial charge in [0, 0.05) is 5.56 Å². The second kappa shape index (κ2) is 9.03. The average Bonchev–Trinajstić information content (AvgIpc) is 2.77. The molecule has 0 heterocycles. The first-order chi connectivity index (χ1) is 14.0. The molecule has 0 saturated carbocycles. The van der Waals surface area contributed by atoms with Crippen molar-refractivity contribution in [3.05, 3.63) is 102 Å². The maximum absolute atomic E-state index is 12.5. The molecule has 3 N–H and O–H groups in total. The molecular weight excluding hydrogens is 370 g/mol. The zero-order chi connectivity index (χ0) is 20.7. The molecule has 3 aromatic rings. The lowest BCUT2D eigenvalue weighted by Gasteiger charge is -2.29. The van der Waals surface area contributed by atoms with E-state index in [1.165, 1.54) is 12.1 Å². The lowest BCUT2D eigenvalue weighted by molar-refractivity contribution is -0.146. The van der Waals surface area contributed by atoms with Crippen molar-refractivity contribution in [2.24, 2.45) is 0 Å². The number of carbonyl (C=O) groups is 2. The molecule has 0 spiro atoms. The van der Waals surface area contributed by atoms with Crippen molar-refractivity contribution in [2.45, 2.75) is 12.1 Å². The van der Waals surface area contributed by atoms with Crippen molar-refractivity contribution in [3.8, 4) is 5.75 Å². The van der Waals surface area contributed by atoms with Crippen LogP contribution in [0.3, 0.4) is 0 Å². The summed E-state index contributed by atoms with van der Waals surface area (Å²) in [5, 5.41) is 22.1. The Bertz CT molecular complexity index is 958. The van der Waals surface area contributed by atoms with Crippen molar-refractivity contribution in [2.75, 3.05) is 6.61 Å². The standard InChI is InChI=1S/C23H21NO5/c25-16-23(22(27)28,24-21(26)18-9-5-2-6-10-18)19-11-13-20(14-12-19)29-15-17-7-3-1-4-8-17/h1-14,25H,15-16H2,(H,24,26)(H,27,28)/t23-/m1/s1. The smallest absolute Gasteiger partial charge is 0.336 e. The van der Waals surface area contributed by atoms with Gasteiger partial charge in [-0.3, -0.25) is 4.79 Å². The number of hydrogen-bond acceptors (Lipinski definition) is 4. The van der Waals surface area contributed by atoms with Crippen LogP contribution in [0.25, 0.3) is 0 Å². The summed E-state index contributed by atoms with van der Waals surface area (Å²) in [4.78, 5) is 24.5. The summed E-state index contributed by atoms with van der Waals surface area (Å²) in [7, 11) is 0. The van der Waals surface area contributed by atoms with Crippen LogP contribution in [-0.2, 0) is 16.9 Å². The van der Waals surface area contributed by atoms with Gasteiger partial charge in [0.05, 0.1) is 6.61 Å². The van der Waals surface area contributed by atoms with Crippen LogP contribution in [0.2, 0.25) is 0 Å². The molecule has 0 saturated heterocycles. The topological polar surface area (TPSA) is 95.9 Å². The van der Waals surface area contributed by atoms with E-state index in [0.717, 1.165) is 5.56 Å². The molecule has 1 amide bonds. The third kappa shape index (κ3) is 4.62. The van der Waals surface area contributed by atoms with Crippen molar-refractivity contribution < 1.29 is 24.5 Å². The molecule has 0 aromatic heterocycles.